The molecule has 0 saturated carbocycles. The minimum atomic E-state index is -0.721. The summed E-state index contributed by atoms with van der Waals surface area (Å²) in [6.07, 6.45) is 3.47. The second-order valence-electron chi connectivity index (χ2n) is 7.78. The molecule has 0 radical (unpaired) electrons. The van der Waals surface area contributed by atoms with E-state index < -0.39 is 17.3 Å². The molecule has 7 nitrogen and oxygen atoms in total. The molecule has 1 aromatic heterocycles. The molecule has 0 unspecified atom stereocenters. The monoisotopic (exact) mass is 408 g/mol. The number of fused-ring (bicyclic) bond motifs is 1. The molecular weight excluding hydrogens is 387 g/mol. The van der Waals surface area contributed by atoms with E-state index in [1.165, 1.54) is 18.2 Å². The predicted octanol–water partition coefficient (Wildman–Crippen LogP) is 2.70. The Hall–Kier alpha value is -3.68. The van der Waals surface area contributed by atoms with Gasteiger partial charge in [-0.1, -0.05) is 0 Å². The number of hydrogen-bond donors (Lipinski definition) is 2. The number of amides is 2. The van der Waals surface area contributed by atoms with Crippen LogP contribution in [-0.2, 0) is 14.3 Å². The maximum absolute atomic E-state index is 13.8. The molecule has 4 rings (SSSR count). The molecule has 0 fully saturated rings. The number of allylic oxidation sites excluding steroid dienone is 1. The Balaban J connectivity index is 1.73. The summed E-state index contributed by atoms with van der Waals surface area (Å²) in [4.78, 5) is 29.7. The van der Waals surface area contributed by atoms with E-state index >= 15 is 0 Å². The number of nitrogens with one attached hydrogen (secondary N) is 1. The molecular formula is C22H21FN4O3. The molecule has 3 heterocycles. The average molecular weight is 408 g/mol. The van der Waals surface area contributed by atoms with Gasteiger partial charge in [0.15, 0.2) is 0 Å². The normalized spacial score (nSPS) is 19.1. The lowest BCUT2D eigenvalue weighted by molar-refractivity contribution is -0.116. The SMILES string of the molecule is CN(CC(N)=O)c1ccc(C2=C/C(=C3\C(=O)Nc4ccc(F)cc43)OC2(C)C)cn1. The standard InChI is InChI=1S/C22H21FN4O3/c1-22(2)15(12-4-7-19(25-10-12)27(3)11-18(24)28)9-17(30-22)20-14-8-13(23)5-6-16(14)26-21(20)29/h4-10H,11H2,1-3H3,(H2,24,28)(H,26,29)/b20-17+. The third-order valence-corrected chi connectivity index (χ3v) is 5.10. The molecule has 154 valence electrons. The van der Waals surface area contributed by atoms with Crippen molar-refractivity contribution in [1.82, 2.24) is 4.98 Å². The van der Waals surface area contributed by atoms with Crippen LogP contribution in [-0.4, -0.2) is 36.0 Å². The molecule has 2 aromatic rings. The highest BCUT2D eigenvalue weighted by Gasteiger charge is 2.38. The number of likely N-dealkylation sites (N-methyl/N-ethyl adjacent to an activating group) is 1. The van der Waals surface area contributed by atoms with Gasteiger partial charge in [-0.25, -0.2) is 9.37 Å². The van der Waals surface area contributed by atoms with Gasteiger partial charge in [0.1, 0.15) is 23.0 Å². The highest BCUT2D eigenvalue weighted by Crippen LogP contribution is 2.44. The van der Waals surface area contributed by atoms with Gasteiger partial charge in [0.2, 0.25) is 5.91 Å². The quantitative estimate of drug-likeness (QED) is 0.758. The fourth-order valence-electron chi connectivity index (χ4n) is 3.69. The van der Waals surface area contributed by atoms with Gasteiger partial charge in [-0.3, -0.25) is 9.59 Å². The van der Waals surface area contributed by atoms with E-state index in [0.29, 0.717) is 28.4 Å². The maximum Gasteiger partial charge on any atom is 0.260 e. The van der Waals surface area contributed by atoms with Crippen molar-refractivity contribution in [2.75, 3.05) is 23.8 Å². The van der Waals surface area contributed by atoms with Crippen LogP contribution in [0.25, 0.3) is 11.1 Å². The molecule has 3 N–H and O–H groups in total. The van der Waals surface area contributed by atoms with Gasteiger partial charge < -0.3 is 20.7 Å². The van der Waals surface area contributed by atoms with Crippen LogP contribution in [0.2, 0.25) is 0 Å². The van der Waals surface area contributed by atoms with Gasteiger partial charge in [0.25, 0.3) is 5.91 Å². The minimum absolute atomic E-state index is 0.0605. The van der Waals surface area contributed by atoms with Gasteiger partial charge in [-0.15, -0.1) is 0 Å². The first-order valence-corrected chi connectivity index (χ1v) is 9.38. The second kappa shape index (κ2) is 6.98. The summed E-state index contributed by atoms with van der Waals surface area (Å²) in [5.41, 5.74) is 7.48. The molecule has 2 amide bonds. The summed E-state index contributed by atoms with van der Waals surface area (Å²) in [6, 6.07) is 7.81. The molecule has 0 saturated heterocycles. The summed E-state index contributed by atoms with van der Waals surface area (Å²) in [5.74, 6) is -0.218. The Kier molecular flexibility index (Phi) is 4.57. The molecule has 0 aliphatic carbocycles. The van der Waals surface area contributed by atoms with Gasteiger partial charge in [0, 0.05) is 35.6 Å². The third-order valence-electron chi connectivity index (χ3n) is 5.10. The van der Waals surface area contributed by atoms with E-state index in [0.717, 1.165) is 11.1 Å². The van der Waals surface area contributed by atoms with E-state index in [1.807, 2.05) is 19.9 Å². The van der Waals surface area contributed by atoms with E-state index in [4.69, 9.17) is 10.5 Å². The van der Waals surface area contributed by atoms with Crippen molar-refractivity contribution in [3.63, 3.8) is 0 Å². The highest BCUT2D eigenvalue weighted by molar-refractivity contribution is 6.32. The third kappa shape index (κ3) is 3.41. The second-order valence-corrected chi connectivity index (χ2v) is 7.78. The fourth-order valence-corrected chi connectivity index (χ4v) is 3.69. The van der Waals surface area contributed by atoms with Crippen LogP contribution in [0.4, 0.5) is 15.9 Å². The Bertz CT molecular complexity index is 1120. The Labute approximate surface area is 173 Å². The number of nitrogens with zero attached hydrogens (tertiary/aromatic N) is 2. The highest BCUT2D eigenvalue weighted by atomic mass is 19.1. The Morgan fingerprint density at radius 2 is 2.07 bits per heavy atom. The molecule has 0 spiro atoms. The number of benzene rings is 1. The van der Waals surface area contributed by atoms with Crippen molar-refractivity contribution >= 4 is 34.5 Å². The lowest BCUT2D eigenvalue weighted by Crippen LogP contribution is -2.31. The summed E-state index contributed by atoms with van der Waals surface area (Å²) in [6.45, 7) is 3.84. The van der Waals surface area contributed by atoms with Crippen LogP contribution in [0, 0.1) is 5.82 Å². The largest absolute Gasteiger partial charge is 0.482 e. The van der Waals surface area contributed by atoms with Crippen molar-refractivity contribution in [3.05, 3.63) is 65.3 Å². The lowest BCUT2D eigenvalue weighted by atomic mass is 9.93. The number of carbonyl (C=O) groups is 2. The zero-order valence-corrected chi connectivity index (χ0v) is 16.8. The van der Waals surface area contributed by atoms with E-state index in [1.54, 1.807) is 30.3 Å². The first-order valence-electron chi connectivity index (χ1n) is 9.38. The van der Waals surface area contributed by atoms with Crippen molar-refractivity contribution in [2.45, 2.75) is 19.4 Å². The first-order chi connectivity index (χ1) is 14.2. The number of ether oxygens (including phenoxy) is 1. The van der Waals surface area contributed by atoms with E-state index in [2.05, 4.69) is 10.3 Å². The number of primary amides is 1. The smallest absolute Gasteiger partial charge is 0.260 e. The van der Waals surface area contributed by atoms with E-state index in [9.17, 15) is 14.0 Å². The molecule has 2 aliphatic rings. The van der Waals surface area contributed by atoms with Gasteiger partial charge in [-0.2, -0.15) is 0 Å². The molecule has 0 atom stereocenters. The van der Waals surface area contributed by atoms with Crippen LogP contribution in [0.3, 0.4) is 0 Å². The number of nitrogens with two attached hydrogens (primary N) is 1. The maximum atomic E-state index is 13.8. The lowest BCUT2D eigenvalue weighted by Gasteiger charge is -2.24. The molecule has 8 heteroatoms. The number of hydrogen-bond acceptors (Lipinski definition) is 5. The van der Waals surface area contributed by atoms with Crippen molar-refractivity contribution in [1.29, 1.82) is 0 Å². The van der Waals surface area contributed by atoms with Crippen molar-refractivity contribution in [2.24, 2.45) is 5.73 Å². The Morgan fingerprint density at radius 1 is 1.30 bits per heavy atom. The van der Waals surface area contributed by atoms with Gasteiger partial charge >= 0.3 is 0 Å². The first kappa shape index (κ1) is 19.6. The van der Waals surface area contributed by atoms with Gasteiger partial charge in [-0.05, 0) is 50.3 Å². The van der Waals surface area contributed by atoms with Crippen LogP contribution in [0.5, 0.6) is 0 Å². The van der Waals surface area contributed by atoms with E-state index in [-0.39, 0.29) is 12.5 Å². The number of carbonyl (C=O) groups excluding carboxylic acids is 2. The van der Waals surface area contributed by atoms with Crippen LogP contribution < -0.4 is 16.0 Å². The molecule has 0 bridgehead atoms. The topological polar surface area (TPSA) is 97.5 Å². The number of pyridine rings is 1. The number of anilines is 2. The summed E-state index contributed by atoms with van der Waals surface area (Å²) in [5, 5.41) is 2.74. The summed E-state index contributed by atoms with van der Waals surface area (Å²) < 4.78 is 19.9. The van der Waals surface area contributed by atoms with Crippen LogP contribution >= 0.6 is 0 Å². The molecule has 1 aromatic carbocycles. The minimum Gasteiger partial charge on any atom is -0.482 e. The summed E-state index contributed by atoms with van der Waals surface area (Å²) >= 11 is 0. The Morgan fingerprint density at radius 3 is 2.73 bits per heavy atom. The fraction of sp³-hybridized carbons (Fsp3) is 0.227. The van der Waals surface area contributed by atoms with Gasteiger partial charge in [0.05, 0.1) is 12.1 Å². The molecule has 2 aliphatic heterocycles. The number of halogens is 1. The zero-order valence-electron chi connectivity index (χ0n) is 16.8. The number of aromatic nitrogens is 1. The summed E-state index contributed by atoms with van der Waals surface area (Å²) in [7, 11) is 1.73. The molecule has 30 heavy (non-hydrogen) atoms. The average Bonchev–Trinajstić information content (AvgIpc) is 3.15. The zero-order chi connectivity index (χ0) is 21.6. The van der Waals surface area contributed by atoms with Crippen LogP contribution in [0.1, 0.15) is 25.0 Å². The predicted molar refractivity (Wildman–Crippen MR) is 112 cm³/mol. The van der Waals surface area contributed by atoms with Crippen LogP contribution in [0.15, 0.2) is 48.4 Å². The van der Waals surface area contributed by atoms with Crippen molar-refractivity contribution < 1.29 is 18.7 Å². The number of rotatable bonds is 4. The van der Waals surface area contributed by atoms with Crippen molar-refractivity contribution in [3.8, 4) is 0 Å².